The van der Waals surface area contributed by atoms with Crippen molar-refractivity contribution in [3.63, 3.8) is 0 Å². The number of benzene rings is 2. The van der Waals surface area contributed by atoms with Crippen molar-refractivity contribution in [3.05, 3.63) is 54.0 Å². The van der Waals surface area contributed by atoms with E-state index in [1.54, 1.807) is 0 Å². The number of nitrogens with one attached hydrogen (secondary N) is 2. The quantitative estimate of drug-likeness (QED) is 0.744. The van der Waals surface area contributed by atoms with Gasteiger partial charge in [-0.25, -0.2) is 4.98 Å². The predicted octanol–water partition coefficient (Wildman–Crippen LogP) is 3.96. The Morgan fingerprint density at radius 2 is 1.95 bits per heavy atom. The van der Waals surface area contributed by atoms with Crippen LogP contribution in [0.1, 0.15) is 30.3 Å². The molecule has 0 spiro atoms. The monoisotopic (exact) mass is 277 g/mol. The molecular weight excluding hydrogens is 258 g/mol. The lowest BCUT2D eigenvalue weighted by molar-refractivity contribution is 0.613. The van der Waals surface area contributed by atoms with Gasteiger partial charge in [-0.05, 0) is 43.1 Å². The molecule has 1 aliphatic heterocycles. The molecule has 2 heterocycles. The van der Waals surface area contributed by atoms with Crippen LogP contribution in [0.3, 0.4) is 0 Å². The minimum absolute atomic E-state index is 0.391. The van der Waals surface area contributed by atoms with E-state index in [2.05, 4.69) is 58.6 Å². The standard InChI is InChI=1S/C18H19N3/c1-12-4-5-14-10-15(7-6-13(14)9-12)17-11-20-18(21-17)16-3-2-8-19-16/h4-7,9-11,16,19H,2-3,8H2,1H3,(H,20,21). The van der Waals surface area contributed by atoms with Crippen LogP contribution in [0, 0.1) is 6.92 Å². The zero-order chi connectivity index (χ0) is 14.2. The number of rotatable bonds is 2. The molecule has 1 saturated heterocycles. The fourth-order valence-electron chi connectivity index (χ4n) is 3.11. The third-order valence-corrected chi connectivity index (χ3v) is 4.29. The Morgan fingerprint density at radius 1 is 1.10 bits per heavy atom. The van der Waals surface area contributed by atoms with Crippen molar-refractivity contribution in [2.45, 2.75) is 25.8 Å². The highest BCUT2D eigenvalue weighted by Crippen LogP contribution is 2.26. The predicted molar refractivity (Wildman–Crippen MR) is 86.2 cm³/mol. The maximum absolute atomic E-state index is 4.55. The van der Waals surface area contributed by atoms with Crippen LogP contribution >= 0.6 is 0 Å². The van der Waals surface area contributed by atoms with E-state index in [0.717, 1.165) is 18.1 Å². The summed E-state index contributed by atoms with van der Waals surface area (Å²) in [4.78, 5) is 8.02. The van der Waals surface area contributed by atoms with Gasteiger partial charge in [-0.3, -0.25) is 0 Å². The first-order valence-corrected chi connectivity index (χ1v) is 7.59. The van der Waals surface area contributed by atoms with Gasteiger partial charge in [-0.2, -0.15) is 0 Å². The molecule has 1 atom stereocenters. The van der Waals surface area contributed by atoms with Crippen molar-refractivity contribution in [1.29, 1.82) is 0 Å². The highest BCUT2D eigenvalue weighted by molar-refractivity contribution is 5.87. The molecule has 0 saturated carbocycles. The van der Waals surface area contributed by atoms with Gasteiger partial charge in [0.25, 0.3) is 0 Å². The first-order chi connectivity index (χ1) is 10.3. The summed E-state index contributed by atoms with van der Waals surface area (Å²) in [5.74, 6) is 1.06. The van der Waals surface area contributed by atoms with E-state index >= 15 is 0 Å². The summed E-state index contributed by atoms with van der Waals surface area (Å²) in [6.07, 6.45) is 4.35. The second-order valence-electron chi connectivity index (χ2n) is 5.90. The first kappa shape index (κ1) is 12.6. The molecule has 2 aromatic carbocycles. The number of imidazole rings is 1. The normalized spacial score (nSPS) is 18.4. The number of aromatic nitrogens is 2. The Hall–Kier alpha value is -2.13. The minimum atomic E-state index is 0.391. The molecular formula is C18H19N3. The largest absolute Gasteiger partial charge is 0.341 e. The van der Waals surface area contributed by atoms with Crippen LogP contribution in [0.2, 0.25) is 0 Å². The Bertz CT molecular complexity index is 782. The van der Waals surface area contributed by atoms with Crippen LogP contribution in [-0.2, 0) is 0 Å². The van der Waals surface area contributed by atoms with E-state index in [9.17, 15) is 0 Å². The molecule has 2 N–H and O–H groups in total. The number of hydrogen-bond acceptors (Lipinski definition) is 2. The third-order valence-electron chi connectivity index (χ3n) is 4.29. The molecule has 0 radical (unpaired) electrons. The maximum Gasteiger partial charge on any atom is 0.123 e. The summed E-state index contributed by atoms with van der Waals surface area (Å²) in [7, 11) is 0. The zero-order valence-corrected chi connectivity index (χ0v) is 12.2. The summed E-state index contributed by atoms with van der Waals surface area (Å²) in [6.45, 7) is 3.22. The Balaban J connectivity index is 1.71. The van der Waals surface area contributed by atoms with Gasteiger partial charge in [-0.15, -0.1) is 0 Å². The molecule has 0 amide bonds. The molecule has 4 rings (SSSR count). The van der Waals surface area contributed by atoms with E-state index in [-0.39, 0.29) is 0 Å². The molecule has 1 aromatic heterocycles. The zero-order valence-electron chi connectivity index (χ0n) is 12.2. The van der Waals surface area contributed by atoms with Gasteiger partial charge >= 0.3 is 0 Å². The summed E-state index contributed by atoms with van der Waals surface area (Å²) < 4.78 is 0. The summed E-state index contributed by atoms with van der Waals surface area (Å²) in [6, 6.07) is 13.5. The molecule has 3 nitrogen and oxygen atoms in total. The van der Waals surface area contributed by atoms with Gasteiger partial charge < -0.3 is 10.3 Å². The number of hydrogen-bond donors (Lipinski definition) is 2. The highest BCUT2D eigenvalue weighted by atomic mass is 15.0. The maximum atomic E-state index is 4.55. The molecule has 1 unspecified atom stereocenters. The summed E-state index contributed by atoms with van der Waals surface area (Å²) in [5, 5.41) is 6.04. The van der Waals surface area contributed by atoms with Crippen molar-refractivity contribution < 1.29 is 0 Å². The number of H-pyrrole nitrogens is 1. The van der Waals surface area contributed by atoms with Gasteiger partial charge in [0.05, 0.1) is 17.9 Å². The fourth-order valence-corrected chi connectivity index (χ4v) is 3.11. The van der Waals surface area contributed by atoms with Gasteiger partial charge in [0, 0.05) is 5.56 Å². The van der Waals surface area contributed by atoms with Gasteiger partial charge in [0.15, 0.2) is 0 Å². The van der Waals surface area contributed by atoms with E-state index in [4.69, 9.17) is 0 Å². The molecule has 1 fully saturated rings. The third kappa shape index (κ3) is 2.34. The van der Waals surface area contributed by atoms with Crippen LogP contribution in [-0.4, -0.2) is 16.5 Å². The summed E-state index contributed by atoms with van der Waals surface area (Å²) >= 11 is 0. The van der Waals surface area contributed by atoms with E-state index in [1.807, 2.05) is 6.20 Å². The van der Waals surface area contributed by atoms with Crippen LogP contribution in [0.4, 0.5) is 0 Å². The average molecular weight is 277 g/mol. The van der Waals surface area contributed by atoms with Crippen molar-refractivity contribution in [2.75, 3.05) is 6.54 Å². The number of fused-ring (bicyclic) bond motifs is 1. The van der Waals surface area contributed by atoms with Crippen molar-refractivity contribution in [1.82, 2.24) is 15.3 Å². The lowest BCUT2D eigenvalue weighted by Crippen LogP contribution is -2.14. The van der Waals surface area contributed by atoms with E-state index in [1.165, 1.54) is 34.7 Å². The first-order valence-electron chi connectivity index (χ1n) is 7.59. The number of aromatic amines is 1. The number of aryl methyl sites for hydroxylation is 1. The lowest BCUT2D eigenvalue weighted by atomic mass is 10.0. The molecule has 1 aliphatic rings. The molecule has 3 heteroatoms. The Morgan fingerprint density at radius 3 is 2.81 bits per heavy atom. The SMILES string of the molecule is Cc1ccc2cc(-c3cnc(C4CCCN4)[nH]3)ccc2c1. The molecule has 0 bridgehead atoms. The Labute approximate surface area is 124 Å². The van der Waals surface area contributed by atoms with Crippen LogP contribution in [0.25, 0.3) is 22.0 Å². The van der Waals surface area contributed by atoms with Crippen LogP contribution in [0.5, 0.6) is 0 Å². The average Bonchev–Trinajstić information content (AvgIpc) is 3.17. The van der Waals surface area contributed by atoms with Crippen LogP contribution in [0.15, 0.2) is 42.6 Å². The summed E-state index contributed by atoms with van der Waals surface area (Å²) in [5.41, 5.74) is 3.59. The van der Waals surface area contributed by atoms with Gasteiger partial charge in [-0.1, -0.05) is 35.9 Å². The van der Waals surface area contributed by atoms with Crippen LogP contribution < -0.4 is 5.32 Å². The second-order valence-corrected chi connectivity index (χ2v) is 5.90. The van der Waals surface area contributed by atoms with E-state index in [0.29, 0.717) is 6.04 Å². The second kappa shape index (κ2) is 5.01. The van der Waals surface area contributed by atoms with Gasteiger partial charge in [0.1, 0.15) is 5.82 Å². The Kier molecular flexibility index (Phi) is 3.00. The number of nitrogens with zero attached hydrogens (tertiary/aromatic N) is 1. The van der Waals surface area contributed by atoms with Crippen molar-refractivity contribution >= 4 is 10.8 Å². The fraction of sp³-hybridized carbons (Fsp3) is 0.278. The highest BCUT2D eigenvalue weighted by Gasteiger charge is 2.19. The molecule has 106 valence electrons. The molecule has 3 aromatic rings. The van der Waals surface area contributed by atoms with Crippen molar-refractivity contribution in [3.8, 4) is 11.3 Å². The molecule has 21 heavy (non-hydrogen) atoms. The van der Waals surface area contributed by atoms with Crippen molar-refractivity contribution in [2.24, 2.45) is 0 Å². The lowest BCUT2D eigenvalue weighted by Gasteiger charge is -2.06. The van der Waals surface area contributed by atoms with E-state index < -0.39 is 0 Å². The topological polar surface area (TPSA) is 40.7 Å². The molecule has 0 aliphatic carbocycles. The van der Waals surface area contributed by atoms with Gasteiger partial charge in [0.2, 0.25) is 0 Å². The smallest absolute Gasteiger partial charge is 0.123 e. The minimum Gasteiger partial charge on any atom is -0.341 e.